The second-order valence-electron chi connectivity index (χ2n) is 4.92. The van der Waals surface area contributed by atoms with Crippen LogP contribution in [0.15, 0.2) is 22.8 Å². The second kappa shape index (κ2) is 4.84. The first-order valence-electron chi connectivity index (χ1n) is 6.01. The highest BCUT2D eigenvalue weighted by atomic mass is 16.3. The Morgan fingerprint density at radius 1 is 1.33 bits per heavy atom. The van der Waals surface area contributed by atoms with Gasteiger partial charge in [0.2, 0.25) is 0 Å². The van der Waals surface area contributed by atoms with Crippen LogP contribution in [-0.2, 0) is 6.54 Å². The van der Waals surface area contributed by atoms with E-state index >= 15 is 0 Å². The molecule has 15 heavy (non-hydrogen) atoms. The van der Waals surface area contributed by atoms with E-state index in [1.54, 1.807) is 6.26 Å². The molecule has 1 aliphatic rings. The lowest BCUT2D eigenvalue weighted by Gasteiger charge is -2.32. The minimum Gasteiger partial charge on any atom is -0.468 e. The van der Waals surface area contributed by atoms with Gasteiger partial charge in [-0.15, -0.1) is 0 Å². The van der Waals surface area contributed by atoms with E-state index in [0.717, 1.165) is 24.1 Å². The van der Waals surface area contributed by atoms with Gasteiger partial charge < -0.3 is 9.73 Å². The van der Waals surface area contributed by atoms with Gasteiger partial charge in [0.15, 0.2) is 0 Å². The van der Waals surface area contributed by atoms with Gasteiger partial charge in [0.1, 0.15) is 5.76 Å². The van der Waals surface area contributed by atoms with Crippen LogP contribution in [-0.4, -0.2) is 6.04 Å². The van der Waals surface area contributed by atoms with Crippen LogP contribution in [0.3, 0.4) is 0 Å². The van der Waals surface area contributed by atoms with Crippen molar-refractivity contribution in [3.63, 3.8) is 0 Å². The first-order valence-corrected chi connectivity index (χ1v) is 6.01. The van der Waals surface area contributed by atoms with Crippen LogP contribution in [0.2, 0.25) is 0 Å². The first kappa shape index (κ1) is 10.7. The zero-order valence-electron chi connectivity index (χ0n) is 9.70. The van der Waals surface area contributed by atoms with Crippen molar-refractivity contribution in [1.29, 1.82) is 0 Å². The molecular formula is C13H21NO. The fourth-order valence-corrected chi connectivity index (χ4v) is 2.39. The Bertz CT molecular complexity index is 281. The molecule has 0 aliphatic heterocycles. The average Bonchev–Trinajstić information content (AvgIpc) is 2.73. The lowest BCUT2D eigenvalue weighted by molar-refractivity contribution is 0.223. The molecule has 0 bridgehead atoms. The van der Waals surface area contributed by atoms with Crippen LogP contribution >= 0.6 is 0 Å². The minimum absolute atomic E-state index is 0.682. The first-order chi connectivity index (χ1) is 7.25. The van der Waals surface area contributed by atoms with E-state index in [4.69, 9.17) is 4.42 Å². The zero-order valence-corrected chi connectivity index (χ0v) is 9.70. The molecule has 0 unspecified atom stereocenters. The van der Waals surface area contributed by atoms with E-state index in [1.165, 1.54) is 19.3 Å². The standard InChI is InChI=1S/C13H21NO/c1-10-5-6-12(8-11(10)2)14-9-13-4-3-7-15-13/h3-4,7,10-12,14H,5-6,8-9H2,1-2H3/t10-,11-,12+/m0/s1. The molecule has 1 heterocycles. The van der Waals surface area contributed by atoms with Crippen molar-refractivity contribution >= 4 is 0 Å². The van der Waals surface area contributed by atoms with E-state index in [2.05, 4.69) is 19.2 Å². The van der Waals surface area contributed by atoms with Crippen LogP contribution < -0.4 is 5.32 Å². The average molecular weight is 207 g/mol. The zero-order chi connectivity index (χ0) is 10.7. The van der Waals surface area contributed by atoms with Gasteiger partial charge in [-0.05, 0) is 43.2 Å². The Morgan fingerprint density at radius 3 is 2.87 bits per heavy atom. The summed E-state index contributed by atoms with van der Waals surface area (Å²) in [7, 11) is 0. The van der Waals surface area contributed by atoms with Crippen LogP contribution in [0.1, 0.15) is 38.9 Å². The van der Waals surface area contributed by atoms with Gasteiger partial charge in [0, 0.05) is 6.04 Å². The van der Waals surface area contributed by atoms with E-state index in [-0.39, 0.29) is 0 Å². The molecule has 0 saturated heterocycles. The SMILES string of the molecule is C[C@H]1CC[C@@H](NCc2ccco2)C[C@@H]1C. The van der Waals surface area contributed by atoms with Crippen LogP contribution in [0.4, 0.5) is 0 Å². The lowest BCUT2D eigenvalue weighted by Crippen LogP contribution is -2.35. The summed E-state index contributed by atoms with van der Waals surface area (Å²) in [5.74, 6) is 2.79. The normalized spacial score (nSPS) is 31.7. The fraction of sp³-hybridized carbons (Fsp3) is 0.692. The smallest absolute Gasteiger partial charge is 0.117 e. The topological polar surface area (TPSA) is 25.2 Å². The van der Waals surface area contributed by atoms with Crippen molar-refractivity contribution in [2.75, 3.05) is 0 Å². The molecule has 1 saturated carbocycles. The van der Waals surface area contributed by atoms with Gasteiger partial charge in [0.05, 0.1) is 12.8 Å². The molecule has 1 aromatic heterocycles. The van der Waals surface area contributed by atoms with Gasteiger partial charge in [-0.2, -0.15) is 0 Å². The van der Waals surface area contributed by atoms with E-state index in [9.17, 15) is 0 Å². The summed E-state index contributed by atoms with van der Waals surface area (Å²) in [6.45, 7) is 5.61. The molecule has 84 valence electrons. The maximum atomic E-state index is 5.31. The molecule has 2 heteroatoms. The highest BCUT2D eigenvalue weighted by molar-refractivity contribution is 4.98. The van der Waals surface area contributed by atoms with E-state index in [1.807, 2.05) is 12.1 Å². The van der Waals surface area contributed by atoms with Crippen molar-refractivity contribution in [3.8, 4) is 0 Å². The summed E-state index contributed by atoms with van der Waals surface area (Å²) in [4.78, 5) is 0. The van der Waals surface area contributed by atoms with Gasteiger partial charge in [-0.25, -0.2) is 0 Å². The molecule has 0 amide bonds. The van der Waals surface area contributed by atoms with Crippen molar-refractivity contribution in [3.05, 3.63) is 24.2 Å². The van der Waals surface area contributed by atoms with Crippen LogP contribution in [0.25, 0.3) is 0 Å². The highest BCUT2D eigenvalue weighted by Crippen LogP contribution is 2.29. The molecule has 0 radical (unpaired) electrons. The molecular weight excluding hydrogens is 186 g/mol. The molecule has 1 aromatic rings. The summed E-state index contributed by atoms with van der Waals surface area (Å²) in [5.41, 5.74) is 0. The number of hydrogen-bond acceptors (Lipinski definition) is 2. The quantitative estimate of drug-likeness (QED) is 0.823. The summed E-state index contributed by atoms with van der Waals surface area (Å²) >= 11 is 0. The molecule has 2 nitrogen and oxygen atoms in total. The second-order valence-corrected chi connectivity index (χ2v) is 4.92. The Balaban J connectivity index is 1.76. The maximum Gasteiger partial charge on any atom is 0.117 e. The molecule has 0 spiro atoms. The van der Waals surface area contributed by atoms with Crippen molar-refractivity contribution < 1.29 is 4.42 Å². The van der Waals surface area contributed by atoms with E-state index in [0.29, 0.717) is 6.04 Å². The number of furan rings is 1. The molecule has 1 aliphatic carbocycles. The lowest BCUT2D eigenvalue weighted by atomic mass is 9.79. The molecule has 3 atom stereocenters. The van der Waals surface area contributed by atoms with Crippen molar-refractivity contribution in [2.24, 2.45) is 11.8 Å². The third kappa shape index (κ3) is 2.85. The summed E-state index contributed by atoms with van der Waals surface area (Å²) in [6.07, 6.45) is 5.72. The fourth-order valence-electron chi connectivity index (χ4n) is 2.39. The number of hydrogen-bond donors (Lipinski definition) is 1. The molecule has 2 rings (SSSR count). The van der Waals surface area contributed by atoms with Gasteiger partial charge in [0.25, 0.3) is 0 Å². The largest absolute Gasteiger partial charge is 0.468 e. The number of nitrogens with one attached hydrogen (secondary N) is 1. The van der Waals surface area contributed by atoms with E-state index < -0.39 is 0 Å². The van der Waals surface area contributed by atoms with Crippen LogP contribution in [0.5, 0.6) is 0 Å². The molecule has 1 fully saturated rings. The third-order valence-electron chi connectivity index (χ3n) is 3.74. The third-order valence-corrected chi connectivity index (χ3v) is 3.74. The predicted molar refractivity (Wildman–Crippen MR) is 61.5 cm³/mol. The molecule has 0 aromatic carbocycles. The number of rotatable bonds is 3. The Hall–Kier alpha value is -0.760. The van der Waals surface area contributed by atoms with Gasteiger partial charge >= 0.3 is 0 Å². The highest BCUT2D eigenvalue weighted by Gasteiger charge is 2.23. The Kier molecular flexibility index (Phi) is 3.47. The van der Waals surface area contributed by atoms with Crippen molar-refractivity contribution in [2.45, 2.75) is 45.7 Å². The Labute approximate surface area is 92.1 Å². The maximum absolute atomic E-state index is 5.31. The molecule has 1 N–H and O–H groups in total. The van der Waals surface area contributed by atoms with Crippen LogP contribution in [0, 0.1) is 11.8 Å². The summed E-state index contributed by atoms with van der Waals surface area (Å²) in [5, 5.41) is 3.58. The minimum atomic E-state index is 0.682. The summed E-state index contributed by atoms with van der Waals surface area (Å²) in [6, 6.07) is 4.66. The monoisotopic (exact) mass is 207 g/mol. The van der Waals surface area contributed by atoms with Gasteiger partial charge in [-0.1, -0.05) is 13.8 Å². The predicted octanol–water partition coefficient (Wildman–Crippen LogP) is 3.19. The summed E-state index contributed by atoms with van der Waals surface area (Å²) < 4.78 is 5.31. The Morgan fingerprint density at radius 2 is 2.20 bits per heavy atom. The van der Waals surface area contributed by atoms with Crippen molar-refractivity contribution in [1.82, 2.24) is 5.32 Å². The van der Waals surface area contributed by atoms with Gasteiger partial charge in [-0.3, -0.25) is 0 Å².